The van der Waals surface area contributed by atoms with Gasteiger partial charge in [0.1, 0.15) is 5.82 Å². The van der Waals surface area contributed by atoms with E-state index >= 15 is 0 Å². The fraction of sp³-hybridized carbons (Fsp3) is 0.520. The molecule has 3 heterocycles. The lowest BCUT2D eigenvalue weighted by atomic mass is 9.74. The summed E-state index contributed by atoms with van der Waals surface area (Å²) in [6, 6.07) is 14.9. The monoisotopic (exact) mass is 438 g/mol. The van der Waals surface area contributed by atoms with E-state index in [1.807, 2.05) is 6.20 Å². The van der Waals surface area contributed by atoms with Gasteiger partial charge in [0, 0.05) is 38.3 Å². The molecule has 6 heteroatoms. The molecule has 0 saturated carbocycles. The van der Waals surface area contributed by atoms with Crippen LogP contribution >= 0.6 is 12.2 Å². The lowest BCUT2D eigenvalue weighted by Gasteiger charge is -2.38. The lowest BCUT2D eigenvalue weighted by Crippen LogP contribution is -2.45. The van der Waals surface area contributed by atoms with E-state index in [9.17, 15) is 0 Å². The molecule has 2 atom stereocenters. The summed E-state index contributed by atoms with van der Waals surface area (Å²) in [5, 5.41) is 7.40. The molecular formula is C25H34N4OS. The highest BCUT2D eigenvalue weighted by atomic mass is 32.1. The minimum absolute atomic E-state index is 0.0506. The molecule has 1 aromatic heterocycles. The molecule has 0 bridgehead atoms. The van der Waals surface area contributed by atoms with Gasteiger partial charge in [0.25, 0.3) is 0 Å². The quantitative estimate of drug-likeness (QED) is 0.666. The third-order valence-corrected chi connectivity index (χ3v) is 6.87. The maximum atomic E-state index is 5.63. The summed E-state index contributed by atoms with van der Waals surface area (Å²) in [6.07, 6.45) is 5.17. The van der Waals surface area contributed by atoms with Crippen molar-refractivity contribution in [1.82, 2.24) is 10.3 Å². The minimum Gasteiger partial charge on any atom is -0.381 e. The Bertz CT molecular complexity index is 842. The number of rotatable bonds is 5. The highest BCUT2D eigenvalue weighted by Crippen LogP contribution is 2.34. The van der Waals surface area contributed by atoms with Crippen LogP contribution in [-0.4, -0.2) is 42.9 Å². The first-order valence-electron chi connectivity index (χ1n) is 11.4. The number of piperidine rings is 1. The highest BCUT2D eigenvalue weighted by Gasteiger charge is 2.34. The average molecular weight is 439 g/mol. The Labute approximate surface area is 191 Å². The van der Waals surface area contributed by atoms with Crippen molar-refractivity contribution in [2.75, 3.05) is 43.1 Å². The number of anilines is 2. The zero-order valence-electron chi connectivity index (χ0n) is 18.6. The third-order valence-electron chi connectivity index (χ3n) is 6.62. The van der Waals surface area contributed by atoms with Gasteiger partial charge < -0.3 is 20.3 Å². The average Bonchev–Trinajstić information content (AvgIpc) is 2.79. The Hall–Kier alpha value is -2.18. The van der Waals surface area contributed by atoms with E-state index in [2.05, 4.69) is 71.8 Å². The van der Waals surface area contributed by atoms with Gasteiger partial charge in [-0.2, -0.15) is 0 Å². The van der Waals surface area contributed by atoms with Crippen molar-refractivity contribution in [3.63, 3.8) is 0 Å². The van der Waals surface area contributed by atoms with Crippen LogP contribution in [0.15, 0.2) is 48.7 Å². The summed E-state index contributed by atoms with van der Waals surface area (Å²) in [4.78, 5) is 7.09. The molecule has 0 amide bonds. The van der Waals surface area contributed by atoms with Crippen LogP contribution in [0, 0.1) is 11.8 Å². The van der Waals surface area contributed by atoms with Crippen LogP contribution < -0.4 is 15.5 Å². The molecule has 2 aliphatic rings. The molecular weight excluding hydrogens is 404 g/mol. The summed E-state index contributed by atoms with van der Waals surface area (Å²) in [5.74, 6) is 2.47. The molecule has 5 nitrogen and oxygen atoms in total. The van der Waals surface area contributed by atoms with Crippen molar-refractivity contribution >= 4 is 28.8 Å². The zero-order valence-corrected chi connectivity index (χ0v) is 19.5. The van der Waals surface area contributed by atoms with E-state index < -0.39 is 0 Å². The van der Waals surface area contributed by atoms with Gasteiger partial charge in [-0.3, -0.25) is 0 Å². The predicted molar refractivity (Wildman–Crippen MR) is 132 cm³/mol. The first-order chi connectivity index (χ1) is 15.0. The molecule has 166 valence electrons. The van der Waals surface area contributed by atoms with Gasteiger partial charge in [0.2, 0.25) is 0 Å². The second kappa shape index (κ2) is 9.96. The fourth-order valence-corrected chi connectivity index (χ4v) is 5.23. The van der Waals surface area contributed by atoms with Crippen LogP contribution in [0.3, 0.4) is 0 Å². The maximum absolute atomic E-state index is 5.63. The molecule has 1 aromatic carbocycles. The number of ether oxygens (including phenoxy) is 1. The molecule has 0 aliphatic carbocycles. The minimum atomic E-state index is 0.0506. The Kier molecular flexibility index (Phi) is 7.08. The molecule has 2 aliphatic heterocycles. The van der Waals surface area contributed by atoms with Gasteiger partial charge >= 0.3 is 0 Å². The first-order valence-corrected chi connectivity index (χ1v) is 11.8. The Morgan fingerprint density at radius 1 is 1.10 bits per heavy atom. The number of hydrogen-bond acceptors (Lipinski definition) is 4. The molecule has 2 fully saturated rings. The number of aromatic nitrogens is 1. The number of nitrogens with zero attached hydrogens (tertiary/aromatic N) is 2. The van der Waals surface area contributed by atoms with E-state index in [1.165, 1.54) is 12.0 Å². The molecule has 2 saturated heterocycles. The number of benzene rings is 1. The van der Waals surface area contributed by atoms with Crippen LogP contribution in [0.4, 0.5) is 11.5 Å². The van der Waals surface area contributed by atoms with Crippen molar-refractivity contribution in [2.45, 2.75) is 38.5 Å². The van der Waals surface area contributed by atoms with Crippen LogP contribution in [0.2, 0.25) is 0 Å². The van der Waals surface area contributed by atoms with Crippen molar-refractivity contribution in [2.24, 2.45) is 11.8 Å². The van der Waals surface area contributed by atoms with Gasteiger partial charge in [-0.1, -0.05) is 44.2 Å². The standard InChI is InChI=1S/C25H34N4OS/c1-19-14-20(2)17-29(16-19)23-9-8-22(15-26-23)28-24(31)27-18-25(10-12-30-13-11-25)21-6-4-3-5-7-21/h3-9,15,19-20H,10-14,16-18H2,1-2H3,(H2,27,28,31). The van der Waals surface area contributed by atoms with Crippen molar-refractivity contribution in [3.8, 4) is 0 Å². The molecule has 2 aromatic rings. The van der Waals surface area contributed by atoms with Gasteiger partial charge in [-0.15, -0.1) is 0 Å². The first kappa shape index (κ1) is 22.0. The van der Waals surface area contributed by atoms with E-state index in [-0.39, 0.29) is 5.41 Å². The normalized spacial score (nSPS) is 23.2. The van der Waals surface area contributed by atoms with Crippen LogP contribution in [-0.2, 0) is 10.2 Å². The van der Waals surface area contributed by atoms with E-state index in [0.717, 1.165) is 57.2 Å². The topological polar surface area (TPSA) is 49.4 Å². The van der Waals surface area contributed by atoms with Gasteiger partial charge in [-0.25, -0.2) is 4.98 Å². The lowest BCUT2D eigenvalue weighted by molar-refractivity contribution is 0.0515. The largest absolute Gasteiger partial charge is 0.381 e. The van der Waals surface area contributed by atoms with E-state index in [1.54, 1.807) is 0 Å². The second-order valence-electron chi connectivity index (χ2n) is 9.32. The van der Waals surface area contributed by atoms with Crippen molar-refractivity contribution in [1.29, 1.82) is 0 Å². The van der Waals surface area contributed by atoms with Gasteiger partial charge in [0.15, 0.2) is 5.11 Å². The summed E-state index contributed by atoms with van der Waals surface area (Å²) >= 11 is 5.60. The van der Waals surface area contributed by atoms with Crippen LogP contribution in [0.1, 0.15) is 38.7 Å². The Morgan fingerprint density at radius 3 is 2.45 bits per heavy atom. The molecule has 4 rings (SSSR count). The van der Waals surface area contributed by atoms with Crippen LogP contribution in [0.5, 0.6) is 0 Å². The summed E-state index contributed by atoms with van der Waals surface area (Å²) in [7, 11) is 0. The van der Waals surface area contributed by atoms with Crippen molar-refractivity contribution in [3.05, 3.63) is 54.2 Å². The fourth-order valence-electron chi connectivity index (χ4n) is 5.04. The smallest absolute Gasteiger partial charge is 0.170 e. The molecule has 31 heavy (non-hydrogen) atoms. The van der Waals surface area contributed by atoms with Crippen molar-refractivity contribution < 1.29 is 4.74 Å². The second-order valence-corrected chi connectivity index (χ2v) is 9.73. The highest BCUT2D eigenvalue weighted by molar-refractivity contribution is 7.80. The van der Waals surface area contributed by atoms with Crippen LogP contribution in [0.25, 0.3) is 0 Å². The maximum Gasteiger partial charge on any atom is 0.170 e. The Morgan fingerprint density at radius 2 is 1.81 bits per heavy atom. The Balaban J connectivity index is 1.35. The van der Waals surface area contributed by atoms with Gasteiger partial charge in [0.05, 0.1) is 11.9 Å². The number of pyridine rings is 1. The predicted octanol–water partition coefficient (Wildman–Crippen LogP) is 4.60. The SMILES string of the molecule is CC1CC(C)CN(c2ccc(NC(=S)NCC3(c4ccccc4)CCOCC3)cn2)C1. The summed E-state index contributed by atoms with van der Waals surface area (Å²) in [6.45, 7) is 9.17. The summed E-state index contributed by atoms with van der Waals surface area (Å²) in [5.41, 5.74) is 2.32. The molecule has 2 unspecified atom stereocenters. The number of hydrogen-bond donors (Lipinski definition) is 2. The zero-order chi connectivity index (χ0) is 21.7. The third kappa shape index (κ3) is 5.55. The van der Waals surface area contributed by atoms with Gasteiger partial charge in [-0.05, 0) is 61.0 Å². The molecule has 2 N–H and O–H groups in total. The number of nitrogens with one attached hydrogen (secondary N) is 2. The molecule has 0 spiro atoms. The van der Waals surface area contributed by atoms with E-state index in [0.29, 0.717) is 16.9 Å². The number of thiocarbonyl (C=S) groups is 1. The summed E-state index contributed by atoms with van der Waals surface area (Å²) < 4.78 is 5.63. The van der Waals surface area contributed by atoms with E-state index in [4.69, 9.17) is 21.9 Å². The molecule has 0 radical (unpaired) electrons.